The summed E-state index contributed by atoms with van der Waals surface area (Å²) in [6.45, 7) is 2.20. The van der Waals surface area contributed by atoms with Gasteiger partial charge in [-0.2, -0.15) is 0 Å². The van der Waals surface area contributed by atoms with Crippen LogP contribution in [-0.2, 0) is 0 Å². The fourth-order valence-electron chi connectivity index (χ4n) is 1.37. The maximum absolute atomic E-state index is 5.22. The maximum Gasteiger partial charge on any atom is 0.0117 e. The Bertz CT molecular complexity index is 169. The molecule has 0 aromatic carbocycles. The summed E-state index contributed by atoms with van der Waals surface area (Å²) in [5, 5.41) is 0. The summed E-state index contributed by atoms with van der Waals surface area (Å²) in [6, 6.07) is 0. The molecule has 0 aromatic heterocycles. The van der Waals surface area contributed by atoms with Crippen LogP contribution < -0.4 is 0 Å². The Hall–Kier alpha value is -0.700. The van der Waals surface area contributed by atoms with Crippen LogP contribution in [-0.4, -0.2) is 0 Å². The quantitative estimate of drug-likeness (QED) is 0.382. The second-order valence-electron chi connectivity index (χ2n) is 3.10. The van der Waals surface area contributed by atoms with Crippen molar-refractivity contribution in [1.82, 2.24) is 0 Å². The van der Waals surface area contributed by atoms with Crippen molar-refractivity contribution in [1.29, 1.82) is 0 Å². The van der Waals surface area contributed by atoms with E-state index in [1.807, 2.05) is 0 Å². The summed E-state index contributed by atoms with van der Waals surface area (Å²) < 4.78 is 0. The van der Waals surface area contributed by atoms with E-state index in [0.717, 1.165) is 12.3 Å². The lowest BCUT2D eigenvalue weighted by atomic mass is 9.88. The maximum atomic E-state index is 5.22. The Balaban J connectivity index is 2.36. The topological polar surface area (TPSA) is 0 Å². The molecule has 10 heavy (non-hydrogen) atoms. The van der Waals surface area contributed by atoms with Crippen molar-refractivity contribution < 1.29 is 0 Å². The van der Waals surface area contributed by atoms with Crippen molar-refractivity contribution in [2.75, 3.05) is 0 Å². The van der Waals surface area contributed by atoms with Crippen LogP contribution in [0.1, 0.15) is 32.6 Å². The molecule has 1 atom stereocenters. The van der Waals surface area contributed by atoms with Crippen LogP contribution in [0.3, 0.4) is 0 Å². The van der Waals surface area contributed by atoms with Crippen LogP contribution in [0.4, 0.5) is 0 Å². The summed E-state index contributed by atoms with van der Waals surface area (Å²) in [4.78, 5) is 0. The lowest BCUT2D eigenvalue weighted by molar-refractivity contribution is 0.482. The fourth-order valence-corrected chi connectivity index (χ4v) is 1.37. The molecule has 0 heterocycles. The van der Waals surface area contributed by atoms with E-state index in [-0.39, 0.29) is 0 Å². The van der Waals surface area contributed by atoms with Crippen molar-refractivity contribution in [3.8, 4) is 12.3 Å². The first kappa shape index (κ1) is 7.41. The molecule has 0 nitrogen and oxygen atoms in total. The van der Waals surface area contributed by atoms with Crippen molar-refractivity contribution in [2.45, 2.75) is 32.6 Å². The predicted molar refractivity (Wildman–Crippen MR) is 44.5 cm³/mol. The minimum atomic E-state index is 0.772. The van der Waals surface area contributed by atoms with Gasteiger partial charge in [0.05, 0.1) is 0 Å². The molecule has 0 radical (unpaired) electrons. The molecule has 1 unspecified atom stereocenters. The third-order valence-corrected chi connectivity index (χ3v) is 2.15. The zero-order valence-electron chi connectivity index (χ0n) is 6.56. The summed E-state index contributed by atoms with van der Waals surface area (Å²) in [5.74, 6) is 3.49. The van der Waals surface area contributed by atoms with Gasteiger partial charge in [0.1, 0.15) is 0 Å². The minimum Gasteiger partial charge on any atom is -0.120 e. The van der Waals surface area contributed by atoms with E-state index in [1.165, 1.54) is 24.8 Å². The van der Waals surface area contributed by atoms with Crippen LogP contribution in [0.5, 0.6) is 0 Å². The molecule has 1 aliphatic rings. The molecule has 0 fully saturated rings. The molecule has 0 aromatic rings. The molecule has 1 rings (SSSR count). The minimum absolute atomic E-state index is 0.772. The monoisotopic (exact) mass is 134 g/mol. The van der Waals surface area contributed by atoms with Gasteiger partial charge in [-0.3, -0.25) is 0 Å². The van der Waals surface area contributed by atoms with Crippen molar-refractivity contribution >= 4 is 0 Å². The lowest BCUT2D eigenvalue weighted by Crippen LogP contribution is -2.03. The van der Waals surface area contributed by atoms with E-state index in [9.17, 15) is 0 Å². The van der Waals surface area contributed by atoms with E-state index in [0.29, 0.717) is 0 Å². The number of rotatable bonds is 1. The first-order chi connectivity index (χ1) is 4.83. The predicted octanol–water partition coefficient (Wildman–Crippen LogP) is 2.76. The molecule has 54 valence electrons. The molecule has 0 saturated heterocycles. The second-order valence-corrected chi connectivity index (χ2v) is 3.10. The van der Waals surface area contributed by atoms with Crippen molar-refractivity contribution in [2.24, 2.45) is 5.92 Å². The van der Waals surface area contributed by atoms with E-state index in [4.69, 9.17) is 6.42 Å². The molecular weight excluding hydrogens is 120 g/mol. The van der Waals surface area contributed by atoms with E-state index in [1.54, 1.807) is 0 Å². The molecule has 0 heteroatoms. The number of hydrogen-bond donors (Lipinski definition) is 0. The highest BCUT2D eigenvalue weighted by Gasteiger charge is 2.10. The van der Waals surface area contributed by atoms with Gasteiger partial charge in [0.15, 0.2) is 0 Å². The van der Waals surface area contributed by atoms with Gasteiger partial charge in [-0.25, -0.2) is 0 Å². The first-order valence-corrected chi connectivity index (χ1v) is 3.92. The Kier molecular flexibility index (Phi) is 2.57. The summed E-state index contributed by atoms with van der Waals surface area (Å²) in [5.41, 5.74) is 1.54. The summed E-state index contributed by atoms with van der Waals surface area (Å²) in [7, 11) is 0. The molecule has 0 N–H and O–H groups in total. The highest BCUT2D eigenvalue weighted by molar-refractivity contribution is 5.04. The zero-order chi connectivity index (χ0) is 7.40. The van der Waals surface area contributed by atoms with E-state index in [2.05, 4.69) is 18.9 Å². The normalized spacial score (nSPS) is 25.2. The Morgan fingerprint density at radius 3 is 3.10 bits per heavy atom. The molecule has 0 aliphatic heterocycles. The summed E-state index contributed by atoms with van der Waals surface area (Å²) >= 11 is 0. The highest BCUT2D eigenvalue weighted by Crippen LogP contribution is 2.24. The van der Waals surface area contributed by atoms with Crippen LogP contribution >= 0.6 is 0 Å². The summed E-state index contributed by atoms with van der Waals surface area (Å²) in [6.07, 6.45) is 12.3. The van der Waals surface area contributed by atoms with Gasteiger partial charge in [0.25, 0.3) is 0 Å². The van der Waals surface area contributed by atoms with E-state index >= 15 is 0 Å². The molecule has 0 amide bonds. The standard InChI is InChI=1S/C10H14/c1-3-4-10-7-5-9(2)6-8-10/h1,5,10H,4,6-8H2,2H3. The van der Waals surface area contributed by atoms with E-state index < -0.39 is 0 Å². The van der Waals surface area contributed by atoms with Crippen molar-refractivity contribution in [3.63, 3.8) is 0 Å². The number of terminal acetylenes is 1. The zero-order valence-corrected chi connectivity index (χ0v) is 6.56. The molecule has 1 aliphatic carbocycles. The van der Waals surface area contributed by atoms with Crippen LogP contribution in [0.25, 0.3) is 0 Å². The largest absolute Gasteiger partial charge is 0.120 e. The SMILES string of the molecule is C#CCC1CC=C(C)CC1. The lowest BCUT2D eigenvalue weighted by Gasteiger charge is -2.17. The molecule has 0 bridgehead atoms. The van der Waals surface area contributed by atoms with Crippen LogP contribution in [0.2, 0.25) is 0 Å². The Morgan fingerprint density at radius 2 is 2.60 bits per heavy atom. The Labute approximate surface area is 63.3 Å². The van der Waals surface area contributed by atoms with Gasteiger partial charge in [0.2, 0.25) is 0 Å². The average Bonchev–Trinajstić information content (AvgIpc) is 1.95. The van der Waals surface area contributed by atoms with Gasteiger partial charge in [-0.15, -0.1) is 12.3 Å². The van der Waals surface area contributed by atoms with Gasteiger partial charge < -0.3 is 0 Å². The van der Waals surface area contributed by atoms with Gasteiger partial charge in [-0.1, -0.05) is 11.6 Å². The third kappa shape index (κ3) is 1.92. The highest BCUT2D eigenvalue weighted by atomic mass is 14.1. The number of allylic oxidation sites excluding steroid dienone is 2. The molecule has 0 saturated carbocycles. The first-order valence-electron chi connectivity index (χ1n) is 3.92. The molecular formula is C10H14. The van der Waals surface area contributed by atoms with Gasteiger partial charge in [-0.05, 0) is 32.1 Å². The Morgan fingerprint density at radius 1 is 1.80 bits per heavy atom. The third-order valence-electron chi connectivity index (χ3n) is 2.15. The average molecular weight is 134 g/mol. The molecule has 0 spiro atoms. The van der Waals surface area contributed by atoms with Crippen LogP contribution in [0.15, 0.2) is 11.6 Å². The smallest absolute Gasteiger partial charge is 0.0117 e. The van der Waals surface area contributed by atoms with Gasteiger partial charge >= 0.3 is 0 Å². The van der Waals surface area contributed by atoms with Gasteiger partial charge in [0, 0.05) is 6.42 Å². The fraction of sp³-hybridized carbons (Fsp3) is 0.600. The van der Waals surface area contributed by atoms with Crippen LogP contribution in [0, 0.1) is 18.3 Å². The second kappa shape index (κ2) is 3.46. The van der Waals surface area contributed by atoms with Crippen molar-refractivity contribution in [3.05, 3.63) is 11.6 Å². The number of hydrogen-bond acceptors (Lipinski definition) is 0.